The zero-order valence-electron chi connectivity index (χ0n) is 18.1. The smallest absolute Gasteiger partial charge is 0.338 e. The standard InChI is InChI=1S/C22H31N3O5/c1-5-30-21(26)19-16(13-25-10-8-14(2)9-11-25)23-22(27)24-20(19)15-6-7-17(28-3)18(12-15)29-4/h6-7,12,14,20H,5,8-11,13H2,1-4H3,(H2,23,24,27). The molecule has 0 aromatic heterocycles. The van der Waals surface area contributed by atoms with Crippen LogP contribution in [0.15, 0.2) is 29.5 Å². The van der Waals surface area contributed by atoms with Crippen molar-refractivity contribution in [2.75, 3.05) is 40.5 Å². The number of piperidine rings is 1. The summed E-state index contributed by atoms with van der Waals surface area (Å²) in [7, 11) is 3.11. The normalized spacial score (nSPS) is 20.4. The van der Waals surface area contributed by atoms with Gasteiger partial charge in [0.25, 0.3) is 0 Å². The van der Waals surface area contributed by atoms with Gasteiger partial charge in [-0.05, 0) is 56.5 Å². The van der Waals surface area contributed by atoms with Crippen LogP contribution >= 0.6 is 0 Å². The Balaban J connectivity index is 1.99. The Morgan fingerprint density at radius 3 is 2.50 bits per heavy atom. The minimum atomic E-state index is -0.642. The molecule has 2 amide bonds. The van der Waals surface area contributed by atoms with Gasteiger partial charge >= 0.3 is 12.0 Å². The molecule has 2 heterocycles. The van der Waals surface area contributed by atoms with Gasteiger partial charge in [0.2, 0.25) is 0 Å². The topological polar surface area (TPSA) is 89.1 Å². The predicted octanol–water partition coefficient (Wildman–Crippen LogP) is 2.61. The van der Waals surface area contributed by atoms with Crippen LogP contribution in [0.3, 0.4) is 0 Å². The summed E-state index contributed by atoms with van der Waals surface area (Å²) in [5.74, 6) is 1.36. The first-order chi connectivity index (χ1) is 14.5. The van der Waals surface area contributed by atoms with Crippen LogP contribution in [0.1, 0.15) is 38.3 Å². The van der Waals surface area contributed by atoms with Crippen molar-refractivity contribution in [3.8, 4) is 11.5 Å². The van der Waals surface area contributed by atoms with Gasteiger partial charge in [-0.25, -0.2) is 9.59 Å². The Hall–Kier alpha value is -2.74. The van der Waals surface area contributed by atoms with Crippen LogP contribution < -0.4 is 20.1 Å². The molecule has 2 aliphatic heterocycles. The Kier molecular flexibility index (Phi) is 7.20. The molecule has 1 aromatic carbocycles. The maximum absolute atomic E-state index is 12.9. The fourth-order valence-corrected chi connectivity index (χ4v) is 3.92. The van der Waals surface area contributed by atoms with Crippen LogP contribution in [-0.4, -0.2) is 57.4 Å². The number of nitrogens with one attached hydrogen (secondary N) is 2. The zero-order chi connectivity index (χ0) is 21.7. The van der Waals surface area contributed by atoms with Crippen molar-refractivity contribution >= 4 is 12.0 Å². The second-order valence-corrected chi connectivity index (χ2v) is 7.72. The average Bonchev–Trinajstić information content (AvgIpc) is 2.74. The number of hydrogen-bond acceptors (Lipinski definition) is 6. The van der Waals surface area contributed by atoms with E-state index >= 15 is 0 Å². The van der Waals surface area contributed by atoms with Crippen LogP contribution in [0.5, 0.6) is 11.5 Å². The molecule has 30 heavy (non-hydrogen) atoms. The molecule has 164 valence electrons. The third-order valence-electron chi connectivity index (χ3n) is 5.65. The van der Waals surface area contributed by atoms with E-state index in [4.69, 9.17) is 14.2 Å². The van der Waals surface area contributed by atoms with Gasteiger partial charge in [0.1, 0.15) is 0 Å². The van der Waals surface area contributed by atoms with Crippen molar-refractivity contribution in [1.82, 2.24) is 15.5 Å². The van der Waals surface area contributed by atoms with E-state index in [0.29, 0.717) is 35.2 Å². The highest BCUT2D eigenvalue weighted by atomic mass is 16.5. The third-order valence-corrected chi connectivity index (χ3v) is 5.65. The largest absolute Gasteiger partial charge is 0.493 e. The molecule has 0 saturated carbocycles. The molecule has 1 fully saturated rings. The maximum atomic E-state index is 12.9. The average molecular weight is 418 g/mol. The monoisotopic (exact) mass is 417 g/mol. The molecule has 2 aliphatic rings. The van der Waals surface area contributed by atoms with Gasteiger partial charge in [-0.2, -0.15) is 0 Å². The lowest BCUT2D eigenvalue weighted by Gasteiger charge is -2.34. The second-order valence-electron chi connectivity index (χ2n) is 7.72. The molecule has 8 nitrogen and oxygen atoms in total. The van der Waals surface area contributed by atoms with E-state index in [9.17, 15) is 9.59 Å². The molecular formula is C22H31N3O5. The minimum Gasteiger partial charge on any atom is -0.493 e. The quantitative estimate of drug-likeness (QED) is 0.663. The number of esters is 1. The zero-order valence-corrected chi connectivity index (χ0v) is 18.1. The molecule has 8 heteroatoms. The van der Waals surface area contributed by atoms with Crippen molar-refractivity contribution in [2.24, 2.45) is 5.92 Å². The van der Waals surface area contributed by atoms with Gasteiger partial charge < -0.3 is 24.8 Å². The molecule has 1 atom stereocenters. The minimum absolute atomic E-state index is 0.253. The van der Waals surface area contributed by atoms with E-state index in [1.807, 2.05) is 6.07 Å². The summed E-state index contributed by atoms with van der Waals surface area (Å²) in [4.78, 5) is 27.7. The van der Waals surface area contributed by atoms with E-state index in [-0.39, 0.29) is 12.6 Å². The van der Waals surface area contributed by atoms with E-state index in [2.05, 4.69) is 22.5 Å². The van der Waals surface area contributed by atoms with E-state index in [1.165, 1.54) is 0 Å². The van der Waals surface area contributed by atoms with Gasteiger partial charge in [-0.1, -0.05) is 13.0 Å². The first-order valence-electron chi connectivity index (χ1n) is 10.4. The first-order valence-corrected chi connectivity index (χ1v) is 10.4. The summed E-state index contributed by atoms with van der Waals surface area (Å²) < 4.78 is 16.1. The number of methoxy groups -OCH3 is 2. The van der Waals surface area contributed by atoms with Gasteiger partial charge in [0, 0.05) is 12.2 Å². The number of benzene rings is 1. The summed E-state index contributed by atoms with van der Waals surface area (Å²) in [5.41, 5.74) is 1.73. The number of carbonyl (C=O) groups is 2. The summed E-state index contributed by atoms with van der Waals surface area (Å²) in [6.07, 6.45) is 2.21. The molecule has 0 aliphatic carbocycles. The molecule has 1 saturated heterocycles. The van der Waals surface area contributed by atoms with Gasteiger partial charge in [-0.15, -0.1) is 0 Å². The van der Waals surface area contributed by atoms with Gasteiger partial charge in [-0.3, -0.25) is 4.90 Å². The Morgan fingerprint density at radius 1 is 1.17 bits per heavy atom. The van der Waals surface area contributed by atoms with Crippen molar-refractivity contribution < 1.29 is 23.8 Å². The number of carbonyl (C=O) groups excluding carboxylic acids is 2. The third kappa shape index (κ3) is 4.87. The summed E-state index contributed by atoms with van der Waals surface area (Å²) >= 11 is 0. The highest BCUT2D eigenvalue weighted by molar-refractivity contribution is 5.95. The number of ether oxygens (including phenoxy) is 3. The van der Waals surface area contributed by atoms with Crippen LogP contribution in [0.2, 0.25) is 0 Å². The SMILES string of the molecule is CCOC(=O)C1=C(CN2CCC(C)CC2)NC(=O)NC1c1ccc(OC)c(OC)c1. The van der Waals surface area contributed by atoms with Crippen LogP contribution in [0.4, 0.5) is 4.79 Å². The number of likely N-dealkylation sites (tertiary alicyclic amines) is 1. The number of amides is 2. The summed E-state index contributed by atoms with van der Waals surface area (Å²) in [6.45, 7) is 6.64. The fourth-order valence-electron chi connectivity index (χ4n) is 3.92. The fraction of sp³-hybridized carbons (Fsp3) is 0.545. The number of hydrogen-bond donors (Lipinski definition) is 2. The van der Waals surface area contributed by atoms with Crippen molar-refractivity contribution in [3.05, 3.63) is 35.0 Å². The van der Waals surface area contributed by atoms with Crippen molar-refractivity contribution in [2.45, 2.75) is 32.7 Å². The maximum Gasteiger partial charge on any atom is 0.338 e. The number of rotatable bonds is 7. The van der Waals surface area contributed by atoms with Crippen molar-refractivity contribution in [3.63, 3.8) is 0 Å². The number of urea groups is 1. The predicted molar refractivity (Wildman–Crippen MR) is 112 cm³/mol. The van der Waals surface area contributed by atoms with E-state index < -0.39 is 12.0 Å². The molecule has 0 bridgehead atoms. The highest BCUT2D eigenvalue weighted by Gasteiger charge is 2.35. The van der Waals surface area contributed by atoms with Crippen LogP contribution in [0.25, 0.3) is 0 Å². The molecular weight excluding hydrogens is 386 g/mol. The Labute approximate surface area is 177 Å². The number of nitrogens with zero attached hydrogens (tertiary/aromatic N) is 1. The highest BCUT2D eigenvalue weighted by Crippen LogP contribution is 2.34. The molecule has 0 radical (unpaired) electrons. The molecule has 1 aromatic rings. The van der Waals surface area contributed by atoms with E-state index in [0.717, 1.165) is 31.5 Å². The Bertz CT molecular complexity index is 815. The lowest BCUT2D eigenvalue weighted by molar-refractivity contribution is -0.139. The van der Waals surface area contributed by atoms with Crippen LogP contribution in [0, 0.1) is 5.92 Å². The summed E-state index contributed by atoms with van der Waals surface area (Å²) in [5, 5.41) is 5.71. The van der Waals surface area contributed by atoms with Crippen molar-refractivity contribution in [1.29, 1.82) is 0 Å². The van der Waals surface area contributed by atoms with Gasteiger partial charge in [0.05, 0.1) is 32.4 Å². The van der Waals surface area contributed by atoms with E-state index in [1.54, 1.807) is 33.3 Å². The molecule has 2 N–H and O–H groups in total. The second kappa shape index (κ2) is 9.84. The Morgan fingerprint density at radius 2 is 1.87 bits per heavy atom. The molecule has 3 rings (SSSR count). The molecule has 1 unspecified atom stereocenters. The van der Waals surface area contributed by atoms with Gasteiger partial charge in [0.15, 0.2) is 11.5 Å². The van der Waals surface area contributed by atoms with Crippen LogP contribution in [-0.2, 0) is 9.53 Å². The summed E-state index contributed by atoms with van der Waals surface area (Å²) in [6, 6.07) is 4.36. The molecule has 0 spiro atoms. The first kappa shape index (κ1) is 22.0. The lowest BCUT2D eigenvalue weighted by Crippen LogP contribution is -2.49. The lowest BCUT2D eigenvalue weighted by atomic mass is 9.94.